The van der Waals surface area contributed by atoms with Gasteiger partial charge in [0.05, 0.1) is 18.9 Å². The van der Waals surface area contributed by atoms with Crippen LogP contribution < -0.4 is 0 Å². The number of aromatic nitrogens is 1. The Morgan fingerprint density at radius 1 is 1.53 bits per heavy atom. The summed E-state index contributed by atoms with van der Waals surface area (Å²) in [6.45, 7) is 3.61. The largest absolute Gasteiger partial charge is 0.446 e. The van der Waals surface area contributed by atoms with Crippen LogP contribution in [0.15, 0.2) is 4.42 Å². The summed E-state index contributed by atoms with van der Waals surface area (Å²) < 4.78 is 10.9. The predicted molar refractivity (Wildman–Crippen MR) is 54.8 cm³/mol. The van der Waals surface area contributed by atoms with Gasteiger partial charge < -0.3 is 14.3 Å². The molecule has 84 valence electrons. The van der Waals surface area contributed by atoms with Gasteiger partial charge in [0.1, 0.15) is 5.76 Å². The van der Waals surface area contributed by atoms with Gasteiger partial charge in [0.2, 0.25) is 0 Å². The molecule has 15 heavy (non-hydrogen) atoms. The number of oxazole rings is 1. The summed E-state index contributed by atoms with van der Waals surface area (Å²) in [5.41, 5.74) is 1.01. The molecule has 1 aromatic heterocycles. The lowest BCUT2D eigenvalue weighted by atomic mass is 9.98. The zero-order valence-corrected chi connectivity index (χ0v) is 9.03. The number of rotatable bonds is 3. The van der Waals surface area contributed by atoms with Crippen LogP contribution in [0.4, 0.5) is 0 Å². The molecule has 0 saturated carbocycles. The highest BCUT2D eigenvalue weighted by atomic mass is 16.5. The Bertz CT molecular complexity index is 316. The molecule has 0 aliphatic carbocycles. The average molecular weight is 211 g/mol. The Labute approximate surface area is 89.3 Å². The van der Waals surface area contributed by atoms with Gasteiger partial charge in [0, 0.05) is 18.9 Å². The second-order valence-corrected chi connectivity index (χ2v) is 3.94. The Morgan fingerprint density at radius 3 is 3.07 bits per heavy atom. The molecule has 1 atom stereocenters. The number of aliphatic hydroxyl groups excluding tert-OH is 1. The average Bonchev–Trinajstić information content (AvgIpc) is 2.61. The van der Waals surface area contributed by atoms with Crippen LogP contribution in [0.1, 0.15) is 36.1 Å². The van der Waals surface area contributed by atoms with Crippen LogP contribution in [-0.2, 0) is 11.2 Å². The Kier molecular flexibility index (Phi) is 3.38. The molecule has 0 radical (unpaired) electrons. The molecule has 1 aromatic rings. The predicted octanol–water partition coefficient (Wildman–Crippen LogP) is 1.41. The molecule has 0 aromatic carbocycles. The summed E-state index contributed by atoms with van der Waals surface area (Å²) >= 11 is 0. The standard InChI is InChI=1S/C11H17NO3/c1-8-11(9-3-2-6-14-7-9)12-10(15-8)4-5-13/h9,13H,2-7H2,1H3. The van der Waals surface area contributed by atoms with Crippen molar-refractivity contribution in [3.8, 4) is 0 Å². The van der Waals surface area contributed by atoms with E-state index in [0.717, 1.165) is 37.5 Å². The molecule has 1 unspecified atom stereocenters. The first kappa shape index (κ1) is 10.6. The van der Waals surface area contributed by atoms with Crippen LogP contribution in [0.25, 0.3) is 0 Å². The highest BCUT2D eigenvalue weighted by Gasteiger charge is 2.22. The van der Waals surface area contributed by atoms with Crippen LogP contribution in [-0.4, -0.2) is 29.9 Å². The zero-order chi connectivity index (χ0) is 10.7. The van der Waals surface area contributed by atoms with E-state index in [9.17, 15) is 0 Å². The van der Waals surface area contributed by atoms with Gasteiger partial charge in [-0.15, -0.1) is 0 Å². The van der Waals surface area contributed by atoms with E-state index in [1.165, 1.54) is 0 Å². The molecule has 1 aliphatic heterocycles. The molecular formula is C11H17NO3. The third-order valence-corrected chi connectivity index (χ3v) is 2.75. The third kappa shape index (κ3) is 2.38. The van der Waals surface area contributed by atoms with E-state index in [4.69, 9.17) is 14.3 Å². The Morgan fingerprint density at radius 2 is 2.40 bits per heavy atom. The van der Waals surface area contributed by atoms with Crippen molar-refractivity contribution in [1.29, 1.82) is 0 Å². The van der Waals surface area contributed by atoms with E-state index in [1.54, 1.807) is 0 Å². The Hall–Kier alpha value is -0.870. The number of aliphatic hydroxyl groups is 1. The summed E-state index contributed by atoms with van der Waals surface area (Å²) in [6, 6.07) is 0. The van der Waals surface area contributed by atoms with Crippen LogP contribution in [0.2, 0.25) is 0 Å². The maximum Gasteiger partial charge on any atom is 0.196 e. The van der Waals surface area contributed by atoms with Crippen molar-refractivity contribution >= 4 is 0 Å². The summed E-state index contributed by atoms with van der Waals surface area (Å²) in [5.74, 6) is 1.87. The number of hydrogen-bond acceptors (Lipinski definition) is 4. The fraction of sp³-hybridized carbons (Fsp3) is 0.727. The van der Waals surface area contributed by atoms with E-state index < -0.39 is 0 Å². The lowest BCUT2D eigenvalue weighted by molar-refractivity contribution is 0.0790. The molecule has 2 heterocycles. The van der Waals surface area contributed by atoms with E-state index >= 15 is 0 Å². The molecule has 1 saturated heterocycles. The van der Waals surface area contributed by atoms with Crippen molar-refractivity contribution < 1.29 is 14.3 Å². The second-order valence-electron chi connectivity index (χ2n) is 3.94. The smallest absolute Gasteiger partial charge is 0.196 e. The SMILES string of the molecule is Cc1oc(CCO)nc1C1CCCOC1. The first-order valence-electron chi connectivity index (χ1n) is 5.46. The number of aryl methyl sites for hydroxylation is 1. The molecule has 0 bridgehead atoms. The van der Waals surface area contributed by atoms with Gasteiger partial charge >= 0.3 is 0 Å². The first-order chi connectivity index (χ1) is 7.31. The second kappa shape index (κ2) is 4.77. The number of nitrogens with zero attached hydrogens (tertiary/aromatic N) is 1. The Balaban J connectivity index is 2.11. The van der Waals surface area contributed by atoms with Crippen molar-refractivity contribution in [2.24, 2.45) is 0 Å². The lowest BCUT2D eigenvalue weighted by Gasteiger charge is -2.20. The highest BCUT2D eigenvalue weighted by Crippen LogP contribution is 2.27. The van der Waals surface area contributed by atoms with Crippen LogP contribution in [0.3, 0.4) is 0 Å². The topological polar surface area (TPSA) is 55.5 Å². The number of ether oxygens (including phenoxy) is 1. The fourth-order valence-electron chi connectivity index (χ4n) is 2.00. The van der Waals surface area contributed by atoms with Crippen molar-refractivity contribution in [2.75, 3.05) is 19.8 Å². The maximum absolute atomic E-state index is 8.81. The van der Waals surface area contributed by atoms with Crippen molar-refractivity contribution in [1.82, 2.24) is 4.98 Å². The monoisotopic (exact) mass is 211 g/mol. The minimum absolute atomic E-state index is 0.0839. The summed E-state index contributed by atoms with van der Waals surface area (Å²) in [7, 11) is 0. The van der Waals surface area contributed by atoms with Crippen LogP contribution in [0, 0.1) is 6.92 Å². The van der Waals surface area contributed by atoms with E-state index in [1.807, 2.05) is 6.92 Å². The molecule has 0 spiro atoms. The van der Waals surface area contributed by atoms with E-state index in [0.29, 0.717) is 18.2 Å². The fourth-order valence-corrected chi connectivity index (χ4v) is 2.00. The maximum atomic E-state index is 8.81. The molecule has 0 amide bonds. The van der Waals surface area contributed by atoms with Gasteiger partial charge in [0.25, 0.3) is 0 Å². The summed E-state index contributed by atoms with van der Waals surface area (Å²) in [6.07, 6.45) is 2.70. The van der Waals surface area contributed by atoms with Gasteiger partial charge in [-0.1, -0.05) is 0 Å². The summed E-state index contributed by atoms with van der Waals surface area (Å²) in [5, 5.41) is 8.81. The van der Waals surface area contributed by atoms with Crippen molar-refractivity contribution in [3.05, 3.63) is 17.3 Å². The quantitative estimate of drug-likeness (QED) is 0.821. The van der Waals surface area contributed by atoms with Gasteiger partial charge in [-0.3, -0.25) is 0 Å². The van der Waals surface area contributed by atoms with E-state index in [-0.39, 0.29) is 6.61 Å². The molecule has 4 nitrogen and oxygen atoms in total. The van der Waals surface area contributed by atoms with Gasteiger partial charge in [0.15, 0.2) is 5.89 Å². The summed E-state index contributed by atoms with van der Waals surface area (Å²) in [4.78, 5) is 4.42. The van der Waals surface area contributed by atoms with Gasteiger partial charge in [-0.25, -0.2) is 4.98 Å². The van der Waals surface area contributed by atoms with Crippen LogP contribution in [0.5, 0.6) is 0 Å². The van der Waals surface area contributed by atoms with Crippen LogP contribution >= 0.6 is 0 Å². The molecule has 1 fully saturated rings. The van der Waals surface area contributed by atoms with Gasteiger partial charge in [-0.05, 0) is 19.8 Å². The minimum atomic E-state index is 0.0839. The highest BCUT2D eigenvalue weighted by molar-refractivity contribution is 5.14. The van der Waals surface area contributed by atoms with Crippen molar-refractivity contribution in [2.45, 2.75) is 32.1 Å². The third-order valence-electron chi connectivity index (χ3n) is 2.75. The zero-order valence-electron chi connectivity index (χ0n) is 9.03. The lowest BCUT2D eigenvalue weighted by Crippen LogP contribution is -2.16. The molecule has 1 aliphatic rings. The molecule has 2 rings (SSSR count). The molecule has 4 heteroatoms. The first-order valence-corrected chi connectivity index (χ1v) is 5.46. The van der Waals surface area contributed by atoms with Crippen molar-refractivity contribution in [3.63, 3.8) is 0 Å². The number of hydrogen-bond donors (Lipinski definition) is 1. The van der Waals surface area contributed by atoms with E-state index in [2.05, 4.69) is 4.98 Å². The molecule has 1 N–H and O–H groups in total. The molecular weight excluding hydrogens is 194 g/mol. The normalized spacial score (nSPS) is 21.9. The van der Waals surface area contributed by atoms with Gasteiger partial charge in [-0.2, -0.15) is 0 Å². The minimum Gasteiger partial charge on any atom is -0.446 e.